The number of hydrogen-bond acceptors (Lipinski definition) is 10. The average Bonchev–Trinajstić information content (AvgIpc) is 3.13. The number of nitrogens with one attached hydrogen (secondary N) is 6. The lowest BCUT2D eigenvalue weighted by Crippen LogP contribution is -2.45. The van der Waals surface area contributed by atoms with Gasteiger partial charge in [0.2, 0.25) is 23.6 Å². The van der Waals surface area contributed by atoms with Gasteiger partial charge in [-0.1, -0.05) is 41.5 Å². The number of anilines is 1. The molecule has 57 heavy (non-hydrogen) atoms. The van der Waals surface area contributed by atoms with Crippen molar-refractivity contribution in [3.05, 3.63) is 29.3 Å². The zero-order valence-corrected chi connectivity index (χ0v) is 34.4. The number of carbonyl (C=O) groups excluding carboxylic acids is 6. The van der Waals surface area contributed by atoms with Crippen LogP contribution in [-0.4, -0.2) is 117 Å². The van der Waals surface area contributed by atoms with Crippen molar-refractivity contribution in [1.29, 1.82) is 0 Å². The number of hydrogen-bond donors (Lipinski definition) is 8. The normalized spacial score (nSPS) is 13.0. The zero-order valence-electron chi connectivity index (χ0n) is 34.4. The molecule has 0 spiro atoms. The summed E-state index contributed by atoms with van der Waals surface area (Å²) in [4.78, 5) is 97.7. The second-order valence-corrected chi connectivity index (χ2v) is 15.3. The highest BCUT2D eigenvalue weighted by atomic mass is 16.5. The van der Waals surface area contributed by atoms with Gasteiger partial charge >= 0.3 is 11.9 Å². The lowest BCUT2D eigenvalue weighted by molar-refractivity contribution is -0.143. The Labute approximate surface area is 334 Å². The van der Waals surface area contributed by atoms with E-state index >= 15 is 0 Å². The quantitative estimate of drug-likeness (QED) is 0.0593. The molecular formula is C39H62N6O12. The highest BCUT2D eigenvalue weighted by Crippen LogP contribution is 2.24. The van der Waals surface area contributed by atoms with Gasteiger partial charge in [-0.25, -0.2) is 4.79 Å². The summed E-state index contributed by atoms with van der Waals surface area (Å²) in [6.45, 7) is 11.4. The Morgan fingerprint density at radius 1 is 0.719 bits per heavy atom. The van der Waals surface area contributed by atoms with Crippen LogP contribution in [0.5, 0.6) is 0 Å². The van der Waals surface area contributed by atoms with Crippen LogP contribution < -0.4 is 31.9 Å². The van der Waals surface area contributed by atoms with E-state index in [2.05, 4.69) is 31.9 Å². The van der Waals surface area contributed by atoms with Crippen LogP contribution in [0.1, 0.15) is 101 Å². The third kappa shape index (κ3) is 19.1. The number of carboxylic acid groups (broad SMARTS) is 2. The van der Waals surface area contributed by atoms with Crippen LogP contribution in [0.15, 0.2) is 18.2 Å². The van der Waals surface area contributed by atoms with Crippen molar-refractivity contribution in [1.82, 2.24) is 26.6 Å². The van der Waals surface area contributed by atoms with Crippen molar-refractivity contribution in [3.8, 4) is 0 Å². The van der Waals surface area contributed by atoms with Crippen molar-refractivity contribution in [2.75, 3.05) is 58.9 Å². The first kappa shape index (κ1) is 49.9. The Hall–Kier alpha value is -5.10. The first-order valence-electron chi connectivity index (χ1n) is 19.0. The van der Waals surface area contributed by atoms with E-state index in [1.54, 1.807) is 41.5 Å². The summed E-state index contributed by atoms with van der Waals surface area (Å²) >= 11 is 0. The summed E-state index contributed by atoms with van der Waals surface area (Å²) in [6.07, 6.45) is 0.742. The van der Waals surface area contributed by atoms with Gasteiger partial charge in [0.1, 0.15) is 6.04 Å². The van der Waals surface area contributed by atoms with E-state index in [0.29, 0.717) is 12.8 Å². The number of aliphatic carboxylic acids is 2. The van der Waals surface area contributed by atoms with E-state index in [0.717, 1.165) is 0 Å². The van der Waals surface area contributed by atoms with Crippen LogP contribution in [0.3, 0.4) is 0 Å². The molecular weight excluding hydrogens is 744 g/mol. The predicted octanol–water partition coefficient (Wildman–Crippen LogP) is 1.93. The van der Waals surface area contributed by atoms with Gasteiger partial charge in [-0.05, 0) is 49.8 Å². The molecule has 0 aromatic heterocycles. The predicted molar refractivity (Wildman–Crippen MR) is 210 cm³/mol. The summed E-state index contributed by atoms with van der Waals surface area (Å²) in [6, 6.07) is 3.11. The Kier molecular flexibility index (Phi) is 21.5. The maximum Gasteiger partial charge on any atom is 0.326 e. The topological polar surface area (TPSA) is 268 Å². The number of carboxylic acids is 2. The lowest BCUT2D eigenvalue weighted by Gasteiger charge is -2.26. The summed E-state index contributed by atoms with van der Waals surface area (Å²) in [5, 5.41) is 34.2. The minimum atomic E-state index is -1.23. The van der Waals surface area contributed by atoms with E-state index in [4.69, 9.17) is 14.6 Å². The largest absolute Gasteiger partial charge is 0.481 e. The van der Waals surface area contributed by atoms with Crippen LogP contribution in [0, 0.1) is 22.7 Å². The van der Waals surface area contributed by atoms with Crippen LogP contribution in [0.25, 0.3) is 0 Å². The Morgan fingerprint density at radius 3 is 1.77 bits per heavy atom. The molecule has 2 unspecified atom stereocenters. The molecule has 0 fully saturated rings. The van der Waals surface area contributed by atoms with E-state index in [1.807, 2.05) is 0 Å². The number of benzene rings is 1. The van der Waals surface area contributed by atoms with Crippen LogP contribution in [0.2, 0.25) is 0 Å². The molecule has 0 saturated carbocycles. The summed E-state index contributed by atoms with van der Waals surface area (Å²) in [5.74, 6) is -5.36. The molecule has 1 rings (SSSR count). The highest BCUT2D eigenvalue weighted by molar-refractivity contribution is 6.02. The molecule has 3 atom stereocenters. The smallest absolute Gasteiger partial charge is 0.326 e. The summed E-state index contributed by atoms with van der Waals surface area (Å²) in [5.41, 5.74) is -1.07. The monoisotopic (exact) mass is 806 g/mol. The standard InChI is InChI=1S/C39H62N6O12/c1-24(20-31(47)48)19-25(2)32(49)45-29(35(52)53)9-11-38(3,4)36(54)43-14-16-57-18-17-56-15-12-39(5,6)37(55)42-13-10-30(46)44-28-22-26(33(50)40-7)21-27(23-28)34(51)41-8/h21-25,29H,9-20H2,1-8H3,(H,40,50)(H,41,51)(H,42,55)(H,43,54)(H,44,46)(H,45,49)(H,47,48)(H,52,53)/t24?,25?,29-/m0/s1. The molecule has 0 heterocycles. The van der Waals surface area contributed by atoms with Crippen molar-refractivity contribution >= 4 is 53.1 Å². The number of rotatable bonds is 27. The highest BCUT2D eigenvalue weighted by Gasteiger charge is 2.32. The molecule has 8 N–H and O–H groups in total. The summed E-state index contributed by atoms with van der Waals surface area (Å²) in [7, 11) is 2.90. The molecule has 0 bridgehead atoms. The Balaban J connectivity index is 2.35. The molecule has 18 heteroatoms. The molecule has 1 aromatic carbocycles. The van der Waals surface area contributed by atoms with Gasteiger partial charge in [0, 0.05) is 80.2 Å². The average molecular weight is 807 g/mol. The van der Waals surface area contributed by atoms with Gasteiger partial charge in [-0.2, -0.15) is 0 Å². The van der Waals surface area contributed by atoms with E-state index < -0.39 is 58.4 Å². The second kappa shape index (κ2) is 24.5. The maximum absolute atomic E-state index is 12.8. The molecule has 1 aromatic rings. The van der Waals surface area contributed by atoms with Crippen molar-refractivity contribution in [2.24, 2.45) is 22.7 Å². The fourth-order valence-corrected chi connectivity index (χ4v) is 5.52. The molecule has 6 amide bonds. The molecule has 0 aliphatic carbocycles. The van der Waals surface area contributed by atoms with Gasteiger partial charge in [-0.15, -0.1) is 0 Å². The van der Waals surface area contributed by atoms with Gasteiger partial charge in [0.25, 0.3) is 11.8 Å². The fraction of sp³-hybridized carbons (Fsp3) is 0.641. The lowest BCUT2D eigenvalue weighted by atomic mass is 9.85. The Morgan fingerprint density at radius 2 is 1.25 bits per heavy atom. The van der Waals surface area contributed by atoms with E-state index in [1.165, 1.54) is 32.3 Å². The number of ether oxygens (including phenoxy) is 2. The van der Waals surface area contributed by atoms with Crippen LogP contribution in [0.4, 0.5) is 5.69 Å². The van der Waals surface area contributed by atoms with Crippen LogP contribution in [-0.2, 0) is 38.2 Å². The minimum Gasteiger partial charge on any atom is -0.481 e. The van der Waals surface area contributed by atoms with Crippen molar-refractivity contribution < 1.29 is 58.0 Å². The summed E-state index contributed by atoms with van der Waals surface area (Å²) < 4.78 is 11.1. The van der Waals surface area contributed by atoms with E-state index in [9.17, 15) is 43.5 Å². The minimum absolute atomic E-state index is 0.0172. The van der Waals surface area contributed by atoms with Gasteiger partial charge in [0.15, 0.2) is 0 Å². The molecule has 0 radical (unpaired) electrons. The first-order chi connectivity index (χ1) is 26.6. The third-order valence-electron chi connectivity index (χ3n) is 9.24. The van der Waals surface area contributed by atoms with Crippen molar-refractivity contribution in [3.63, 3.8) is 0 Å². The van der Waals surface area contributed by atoms with Gasteiger partial charge < -0.3 is 51.6 Å². The number of amides is 6. The molecule has 0 saturated heterocycles. The van der Waals surface area contributed by atoms with Gasteiger partial charge in [0.05, 0.1) is 19.8 Å². The fourth-order valence-electron chi connectivity index (χ4n) is 5.52. The molecule has 0 aliphatic rings. The maximum atomic E-state index is 12.8. The van der Waals surface area contributed by atoms with E-state index in [-0.39, 0.29) is 99.7 Å². The third-order valence-corrected chi connectivity index (χ3v) is 9.24. The SMILES string of the molecule is CNC(=O)c1cc(NC(=O)CCNC(=O)C(C)(C)CCOCCOCCNC(=O)C(C)(C)CC[C@H](NC(=O)C(C)CC(C)CC(=O)O)C(=O)O)cc(C(=O)NC)c1. The molecule has 0 aliphatic heterocycles. The number of carbonyl (C=O) groups is 8. The van der Waals surface area contributed by atoms with Gasteiger partial charge in [-0.3, -0.25) is 33.6 Å². The Bertz CT molecular complexity index is 1530. The zero-order chi connectivity index (χ0) is 43.3. The molecule has 18 nitrogen and oxygen atoms in total. The first-order valence-corrected chi connectivity index (χ1v) is 19.0. The molecule has 320 valence electrons. The second-order valence-electron chi connectivity index (χ2n) is 15.3. The van der Waals surface area contributed by atoms with Crippen LogP contribution >= 0.6 is 0 Å². The van der Waals surface area contributed by atoms with Crippen molar-refractivity contribution in [2.45, 2.75) is 86.1 Å².